The van der Waals surface area contributed by atoms with E-state index in [2.05, 4.69) is 15.3 Å². The number of halogens is 1. The van der Waals surface area contributed by atoms with Crippen molar-refractivity contribution in [2.45, 2.75) is 13.0 Å². The van der Waals surface area contributed by atoms with Crippen LogP contribution in [0.2, 0.25) is 0 Å². The first-order valence-corrected chi connectivity index (χ1v) is 5.46. The van der Waals surface area contributed by atoms with Crippen LogP contribution in [0.4, 0.5) is 5.82 Å². The number of benzene rings is 1. The molecule has 7 nitrogen and oxygen atoms in total. The highest BCUT2D eigenvalue weighted by Gasteiger charge is 2.14. The Kier molecular flexibility index (Phi) is 4.82. The summed E-state index contributed by atoms with van der Waals surface area (Å²) < 4.78 is 0. The molecule has 0 aliphatic carbocycles. The van der Waals surface area contributed by atoms with Gasteiger partial charge in [-0.1, -0.05) is 0 Å². The number of nitrogens with zero attached hydrogens (tertiary/aromatic N) is 2. The van der Waals surface area contributed by atoms with E-state index in [-0.39, 0.29) is 18.0 Å². The lowest BCUT2D eigenvalue weighted by molar-refractivity contribution is -0.137. The summed E-state index contributed by atoms with van der Waals surface area (Å²) in [4.78, 5) is 29.6. The number of carboxylic acids is 2. The van der Waals surface area contributed by atoms with Crippen molar-refractivity contribution in [1.82, 2.24) is 9.97 Å². The van der Waals surface area contributed by atoms with E-state index in [1.807, 2.05) is 0 Å². The lowest BCUT2D eigenvalue weighted by Gasteiger charge is -2.11. The van der Waals surface area contributed by atoms with E-state index >= 15 is 0 Å². The Bertz CT molecular complexity index is 662. The second-order valence-electron chi connectivity index (χ2n) is 3.96. The summed E-state index contributed by atoms with van der Waals surface area (Å²) in [6.07, 6.45) is 1.25. The molecule has 1 aromatic heterocycles. The summed E-state index contributed by atoms with van der Waals surface area (Å²) in [5, 5.41) is 21.0. The zero-order valence-electron chi connectivity index (χ0n) is 10.4. The van der Waals surface area contributed by atoms with Crippen LogP contribution in [-0.4, -0.2) is 38.2 Å². The molecule has 0 radical (unpaired) electrons. The topological polar surface area (TPSA) is 112 Å². The van der Waals surface area contributed by atoms with Crippen molar-refractivity contribution in [3.63, 3.8) is 0 Å². The van der Waals surface area contributed by atoms with E-state index in [0.29, 0.717) is 16.7 Å². The van der Waals surface area contributed by atoms with E-state index in [0.717, 1.165) is 0 Å². The van der Waals surface area contributed by atoms with Gasteiger partial charge in [-0.3, -0.25) is 4.79 Å². The Labute approximate surface area is 120 Å². The molecule has 1 unspecified atom stereocenters. The number of aliphatic carboxylic acids is 1. The maximum absolute atomic E-state index is 10.9. The van der Waals surface area contributed by atoms with Crippen LogP contribution < -0.4 is 5.32 Å². The Morgan fingerprint density at radius 1 is 1.25 bits per heavy atom. The maximum atomic E-state index is 10.9. The third-order valence-electron chi connectivity index (χ3n) is 2.61. The number of carboxylic acid groups (broad SMARTS) is 2. The number of anilines is 1. The Hall–Kier alpha value is -2.41. The molecule has 1 heterocycles. The van der Waals surface area contributed by atoms with E-state index < -0.39 is 18.0 Å². The van der Waals surface area contributed by atoms with Gasteiger partial charge in [-0.2, -0.15) is 0 Å². The first-order valence-electron chi connectivity index (χ1n) is 5.46. The van der Waals surface area contributed by atoms with Crippen molar-refractivity contribution in [3.8, 4) is 0 Å². The second kappa shape index (κ2) is 6.16. The maximum Gasteiger partial charge on any atom is 0.335 e. The average Bonchev–Trinajstić information content (AvgIpc) is 2.38. The standard InChI is InChI=1S/C12H11N3O4.ClH/c1-6(11(16)17)15-10-8-3-2-7(12(18)19)4-9(8)13-5-14-10;/h2-6H,1H3,(H,16,17)(H,18,19)(H,13,14,15);1H. The van der Waals surface area contributed by atoms with Gasteiger partial charge in [0.05, 0.1) is 11.1 Å². The molecule has 2 rings (SSSR count). The highest BCUT2D eigenvalue weighted by molar-refractivity contribution is 5.96. The molecular weight excluding hydrogens is 286 g/mol. The van der Waals surface area contributed by atoms with Gasteiger partial charge in [0.25, 0.3) is 0 Å². The van der Waals surface area contributed by atoms with Crippen LogP contribution >= 0.6 is 12.4 Å². The SMILES string of the molecule is CC(Nc1ncnc2cc(C(=O)O)ccc12)C(=O)O.Cl. The molecule has 0 aliphatic heterocycles. The molecule has 20 heavy (non-hydrogen) atoms. The van der Waals surface area contributed by atoms with Crippen molar-refractivity contribution in [3.05, 3.63) is 30.1 Å². The molecule has 0 spiro atoms. The minimum atomic E-state index is -1.05. The second-order valence-corrected chi connectivity index (χ2v) is 3.96. The van der Waals surface area contributed by atoms with E-state index in [1.54, 1.807) is 6.07 Å². The minimum absolute atomic E-state index is 0. The first kappa shape index (κ1) is 15.6. The van der Waals surface area contributed by atoms with Crippen LogP contribution in [0.5, 0.6) is 0 Å². The smallest absolute Gasteiger partial charge is 0.335 e. The summed E-state index contributed by atoms with van der Waals surface area (Å²) in [6.45, 7) is 1.49. The quantitative estimate of drug-likeness (QED) is 0.786. The van der Waals surface area contributed by atoms with E-state index in [4.69, 9.17) is 10.2 Å². The summed E-state index contributed by atoms with van der Waals surface area (Å²) in [5.41, 5.74) is 0.554. The Morgan fingerprint density at radius 3 is 2.55 bits per heavy atom. The highest BCUT2D eigenvalue weighted by Crippen LogP contribution is 2.21. The first-order chi connectivity index (χ1) is 8.99. The number of aromatic nitrogens is 2. The fourth-order valence-corrected chi connectivity index (χ4v) is 1.57. The van der Waals surface area contributed by atoms with Crippen LogP contribution in [0.15, 0.2) is 24.5 Å². The lowest BCUT2D eigenvalue weighted by atomic mass is 10.1. The van der Waals surface area contributed by atoms with Crippen LogP contribution in [0, 0.1) is 0 Å². The number of carbonyl (C=O) groups is 2. The van der Waals surface area contributed by atoms with Crippen LogP contribution in [0.25, 0.3) is 10.9 Å². The third-order valence-corrected chi connectivity index (χ3v) is 2.61. The molecule has 1 aromatic carbocycles. The van der Waals surface area contributed by atoms with Crippen LogP contribution in [0.3, 0.4) is 0 Å². The molecule has 0 saturated carbocycles. The third kappa shape index (κ3) is 3.12. The summed E-state index contributed by atoms with van der Waals surface area (Å²) in [5.74, 6) is -1.69. The summed E-state index contributed by atoms with van der Waals surface area (Å²) >= 11 is 0. The molecule has 106 valence electrons. The Balaban J connectivity index is 0.00000200. The number of aromatic carboxylic acids is 1. The highest BCUT2D eigenvalue weighted by atomic mass is 35.5. The summed E-state index contributed by atoms with van der Waals surface area (Å²) in [7, 11) is 0. The molecule has 1 atom stereocenters. The predicted octanol–water partition coefficient (Wildman–Crippen LogP) is 1.63. The molecule has 0 amide bonds. The van der Waals surface area contributed by atoms with Crippen molar-refractivity contribution in [2.24, 2.45) is 0 Å². The number of hydrogen-bond donors (Lipinski definition) is 3. The van der Waals surface area contributed by atoms with Gasteiger partial charge in [0.15, 0.2) is 0 Å². The van der Waals surface area contributed by atoms with Gasteiger partial charge >= 0.3 is 11.9 Å². The van der Waals surface area contributed by atoms with Crippen molar-refractivity contribution in [2.75, 3.05) is 5.32 Å². The van der Waals surface area contributed by atoms with Crippen molar-refractivity contribution >= 4 is 41.1 Å². The molecule has 2 aromatic rings. The molecule has 0 saturated heterocycles. The fourth-order valence-electron chi connectivity index (χ4n) is 1.57. The zero-order chi connectivity index (χ0) is 14.0. The van der Waals surface area contributed by atoms with Crippen molar-refractivity contribution in [1.29, 1.82) is 0 Å². The van der Waals surface area contributed by atoms with Gasteiger partial charge in [0.2, 0.25) is 0 Å². The predicted molar refractivity (Wildman–Crippen MR) is 74.5 cm³/mol. The van der Waals surface area contributed by atoms with Crippen molar-refractivity contribution < 1.29 is 19.8 Å². The molecule has 0 aliphatic rings. The Morgan fingerprint density at radius 2 is 1.95 bits per heavy atom. The lowest BCUT2D eigenvalue weighted by Crippen LogP contribution is -2.26. The summed E-state index contributed by atoms with van der Waals surface area (Å²) in [6, 6.07) is 3.58. The normalized spacial score (nSPS) is 11.4. The molecule has 8 heteroatoms. The average molecular weight is 298 g/mol. The van der Waals surface area contributed by atoms with E-state index in [9.17, 15) is 9.59 Å². The number of rotatable bonds is 4. The number of fused-ring (bicyclic) bond motifs is 1. The molecular formula is C12H12ClN3O4. The van der Waals surface area contributed by atoms with Crippen LogP contribution in [0.1, 0.15) is 17.3 Å². The zero-order valence-corrected chi connectivity index (χ0v) is 11.2. The van der Waals surface area contributed by atoms with Gasteiger partial charge < -0.3 is 15.5 Å². The molecule has 0 fully saturated rings. The fraction of sp³-hybridized carbons (Fsp3) is 0.167. The molecule has 3 N–H and O–H groups in total. The van der Waals surface area contributed by atoms with Crippen LogP contribution in [-0.2, 0) is 4.79 Å². The number of nitrogens with one attached hydrogen (secondary N) is 1. The number of hydrogen-bond acceptors (Lipinski definition) is 5. The molecule has 0 bridgehead atoms. The van der Waals surface area contributed by atoms with Gasteiger partial charge in [-0.15, -0.1) is 12.4 Å². The monoisotopic (exact) mass is 297 g/mol. The van der Waals surface area contributed by atoms with Gasteiger partial charge in [-0.05, 0) is 25.1 Å². The van der Waals surface area contributed by atoms with Gasteiger partial charge in [-0.25, -0.2) is 14.8 Å². The minimum Gasteiger partial charge on any atom is -0.480 e. The van der Waals surface area contributed by atoms with Gasteiger partial charge in [0.1, 0.15) is 18.2 Å². The largest absolute Gasteiger partial charge is 0.480 e. The van der Waals surface area contributed by atoms with Gasteiger partial charge in [0, 0.05) is 5.39 Å². The van der Waals surface area contributed by atoms with E-state index in [1.165, 1.54) is 25.4 Å².